The Morgan fingerprint density at radius 2 is 1.71 bits per heavy atom. The minimum absolute atomic E-state index is 0.150. The summed E-state index contributed by atoms with van der Waals surface area (Å²) in [6.45, 7) is 1.60. The van der Waals surface area contributed by atoms with Crippen molar-refractivity contribution in [2.24, 2.45) is 0 Å². The molecule has 166 valence electrons. The van der Waals surface area contributed by atoms with Crippen molar-refractivity contribution in [3.63, 3.8) is 0 Å². The minimum atomic E-state index is -3.68. The third-order valence-electron chi connectivity index (χ3n) is 5.03. The Labute approximate surface area is 181 Å². The highest BCUT2D eigenvalue weighted by Crippen LogP contribution is 2.31. The van der Waals surface area contributed by atoms with Crippen LogP contribution in [0.2, 0.25) is 0 Å². The molecule has 1 aliphatic rings. The Hall–Kier alpha value is -3.08. The maximum Gasteiger partial charge on any atom is 0.267 e. The van der Waals surface area contributed by atoms with Crippen LogP contribution in [0.25, 0.3) is 6.08 Å². The van der Waals surface area contributed by atoms with Crippen LogP contribution in [-0.4, -0.2) is 64.2 Å². The van der Waals surface area contributed by atoms with Gasteiger partial charge in [0.1, 0.15) is 0 Å². The van der Waals surface area contributed by atoms with Gasteiger partial charge in [0.2, 0.25) is 10.0 Å². The molecular formula is C21H25N3O6S. The van der Waals surface area contributed by atoms with Gasteiger partial charge in [0.25, 0.3) is 5.91 Å². The molecule has 2 aromatic carbocycles. The molecule has 0 unspecified atom stereocenters. The number of rotatable bonds is 7. The largest absolute Gasteiger partial charge is 0.493 e. The average molecular weight is 448 g/mol. The molecule has 2 N–H and O–H groups in total. The maximum atomic E-state index is 13.1. The standard InChI is InChI=1S/C21H25N3O6S/c1-29-19-9-8-17(15-20(19)30-2)31(27,28)24-13-11-23(12-14-24)18-6-4-3-5-16(18)7-10-21(25)22-26/h3-10,15,26H,11-14H2,1-2H3,(H,22,25). The van der Waals surface area contributed by atoms with Gasteiger partial charge < -0.3 is 14.4 Å². The monoisotopic (exact) mass is 447 g/mol. The first kappa shape index (κ1) is 22.6. The number of carbonyl (C=O) groups is 1. The van der Waals surface area contributed by atoms with Crippen LogP contribution in [0.15, 0.2) is 53.4 Å². The van der Waals surface area contributed by atoms with Crippen molar-refractivity contribution in [2.45, 2.75) is 4.90 Å². The second-order valence-electron chi connectivity index (χ2n) is 6.78. The Morgan fingerprint density at radius 1 is 1.03 bits per heavy atom. The molecule has 1 fully saturated rings. The summed E-state index contributed by atoms with van der Waals surface area (Å²) in [5, 5.41) is 8.65. The summed E-state index contributed by atoms with van der Waals surface area (Å²) in [5.74, 6) is 0.196. The van der Waals surface area contributed by atoms with E-state index >= 15 is 0 Å². The number of para-hydroxylation sites is 1. The molecule has 1 aliphatic heterocycles. The molecule has 2 aromatic rings. The molecule has 0 aromatic heterocycles. The SMILES string of the molecule is COc1ccc(S(=O)(=O)N2CCN(c3ccccc3C=CC(=O)NO)CC2)cc1OC. The van der Waals surface area contributed by atoms with E-state index in [1.165, 1.54) is 36.7 Å². The van der Waals surface area contributed by atoms with Crippen molar-refractivity contribution in [1.82, 2.24) is 9.79 Å². The van der Waals surface area contributed by atoms with Crippen LogP contribution in [-0.2, 0) is 14.8 Å². The van der Waals surface area contributed by atoms with Crippen molar-refractivity contribution in [1.29, 1.82) is 0 Å². The highest BCUT2D eigenvalue weighted by atomic mass is 32.2. The van der Waals surface area contributed by atoms with Crippen LogP contribution < -0.4 is 19.9 Å². The summed E-state index contributed by atoms with van der Waals surface area (Å²) in [6, 6.07) is 12.0. The van der Waals surface area contributed by atoms with Crippen LogP contribution >= 0.6 is 0 Å². The number of carbonyl (C=O) groups excluding carboxylic acids is 1. The second-order valence-corrected chi connectivity index (χ2v) is 8.71. The third-order valence-corrected chi connectivity index (χ3v) is 6.93. The van der Waals surface area contributed by atoms with E-state index in [1.54, 1.807) is 17.6 Å². The molecule has 0 bridgehead atoms. The topological polar surface area (TPSA) is 108 Å². The summed E-state index contributed by atoms with van der Waals surface area (Å²) < 4.78 is 38.1. The van der Waals surface area contributed by atoms with Crippen molar-refractivity contribution < 1.29 is 27.9 Å². The van der Waals surface area contributed by atoms with Crippen molar-refractivity contribution in [3.05, 3.63) is 54.1 Å². The summed E-state index contributed by atoms with van der Waals surface area (Å²) in [6.07, 6.45) is 2.84. The fraction of sp³-hybridized carbons (Fsp3) is 0.286. The van der Waals surface area contributed by atoms with E-state index < -0.39 is 15.9 Å². The van der Waals surface area contributed by atoms with E-state index in [1.807, 2.05) is 24.3 Å². The Bertz CT molecular complexity index is 1060. The van der Waals surface area contributed by atoms with Gasteiger partial charge in [0.05, 0.1) is 19.1 Å². The van der Waals surface area contributed by atoms with Crippen molar-refractivity contribution in [2.75, 3.05) is 45.3 Å². The van der Waals surface area contributed by atoms with Crippen LogP contribution in [0.3, 0.4) is 0 Å². The van der Waals surface area contributed by atoms with Crippen LogP contribution in [0.5, 0.6) is 11.5 Å². The molecule has 0 spiro atoms. The normalized spacial score (nSPS) is 15.1. The lowest BCUT2D eigenvalue weighted by atomic mass is 10.1. The zero-order valence-electron chi connectivity index (χ0n) is 17.3. The molecule has 9 nitrogen and oxygen atoms in total. The number of benzene rings is 2. The van der Waals surface area contributed by atoms with Gasteiger partial charge in [-0.15, -0.1) is 0 Å². The molecule has 1 amide bonds. The fourth-order valence-corrected chi connectivity index (χ4v) is 4.85. The number of anilines is 1. The number of hydrogen-bond acceptors (Lipinski definition) is 7. The van der Waals surface area contributed by atoms with Crippen LogP contribution in [0.4, 0.5) is 5.69 Å². The Morgan fingerprint density at radius 3 is 2.35 bits per heavy atom. The summed E-state index contributed by atoms with van der Waals surface area (Å²) >= 11 is 0. The first-order valence-electron chi connectivity index (χ1n) is 9.59. The quantitative estimate of drug-likeness (QED) is 0.378. The fourth-order valence-electron chi connectivity index (χ4n) is 3.41. The summed E-state index contributed by atoms with van der Waals surface area (Å²) in [4.78, 5) is 13.5. The highest BCUT2D eigenvalue weighted by molar-refractivity contribution is 7.89. The van der Waals surface area contributed by atoms with Gasteiger partial charge >= 0.3 is 0 Å². The maximum absolute atomic E-state index is 13.1. The first-order valence-corrected chi connectivity index (χ1v) is 11.0. The molecule has 1 heterocycles. The number of piperazine rings is 1. The van der Waals surface area contributed by atoms with E-state index in [-0.39, 0.29) is 4.90 Å². The molecule has 1 saturated heterocycles. The van der Waals surface area contributed by atoms with E-state index in [2.05, 4.69) is 4.90 Å². The minimum Gasteiger partial charge on any atom is -0.493 e. The van der Waals surface area contributed by atoms with Gasteiger partial charge in [-0.2, -0.15) is 4.31 Å². The van der Waals surface area contributed by atoms with E-state index in [0.717, 1.165) is 11.3 Å². The predicted molar refractivity (Wildman–Crippen MR) is 116 cm³/mol. The van der Waals surface area contributed by atoms with Gasteiger partial charge in [0, 0.05) is 44.0 Å². The molecule has 0 aliphatic carbocycles. The number of hydroxylamine groups is 1. The Kier molecular flexibility index (Phi) is 7.16. The number of hydrogen-bond donors (Lipinski definition) is 2. The van der Waals surface area contributed by atoms with E-state index in [0.29, 0.717) is 37.7 Å². The van der Waals surface area contributed by atoms with Gasteiger partial charge in [0.15, 0.2) is 11.5 Å². The number of methoxy groups -OCH3 is 2. The van der Waals surface area contributed by atoms with Crippen LogP contribution in [0, 0.1) is 0 Å². The summed E-state index contributed by atoms with van der Waals surface area (Å²) in [7, 11) is -0.728. The van der Waals surface area contributed by atoms with Crippen molar-refractivity contribution >= 4 is 27.7 Å². The molecule has 0 saturated carbocycles. The second kappa shape index (κ2) is 9.82. The number of amides is 1. The molecule has 31 heavy (non-hydrogen) atoms. The van der Waals surface area contributed by atoms with Gasteiger partial charge in [-0.3, -0.25) is 10.0 Å². The highest BCUT2D eigenvalue weighted by Gasteiger charge is 2.29. The van der Waals surface area contributed by atoms with E-state index in [9.17, 15) is 13.2 Å². The number of nitrogens with one attached hydrogen (secondary N) is 1. The molecule has 3 rings (SSSR count). The van der Waals surface area contributed by atoms with Gasteiger partial charge in [-0.25, -0.2) is 13.9 Å². The first-order chi connectivity index (χ1) is 14.9. The van der Waals surface area contributed by atoms with Crippen molar-refractivity contribution in [3.8, 4) is 11.5 Å². The lowest BCUT2D eigenvalue weighted by molar-refractivity contribution is -0.124. The zero-order chi connectivity index (χ0) is 22.4. The van der Waals surface area contributed by atoms with E-state index in [4.69, 9.17) is 14.7 Å². The number of ether oxygens (including phenoxy) is 2. The third kappa shape index (κ3) is 4.98. The number of nitrogens with zero attached hydrogens (tertiary/aromatic N) is 2. The van der Waals surface area contributed by atoms with Gasteiger partial charge in [-0.05, 0) is 29.8 Å². The molecule has 10 heteroatoms. The molecular weight excluding hydrogens is 422 g/mol. The average Bonchev–Trinajstić information content (AvgIpc) is 2.82. The lowest BCUT2D eigenvalue weighted by Crippen LogP contribution is -2.48. The van der Waals surface area contributed by atoms with Gasteiger partial charge in [-0.1, -0.05) is 18.2 Å². The smallest absolute Gasteiger partial charge is 0.267 e. The predicted octanol–water partition coefficient (Wildman–Crippen LogP) is 1.73. The molecule has 0 radical (unpaired) electrons. The Balaban J connectivity index is 1.75. The van der Waals surface area contributed by atoms with Crippen LogP contribution in [0.1, 0.15) is 5.56 Å². The lowest BCUT2D eigenvalue weighted by Gasteiger charge is -2.36. The zero-order valence-corrected chi connectivity index (χ0v) is 18.1. The number of sulfonamides is 1. The molecule has 0 atom stereocenters. The summed E-state index contributed by atoms with van der Waals surface area (Å²) in [5.41, 5.74) is 3.23.